The Kier molecular flexibility index (Phi) is 3.64. The van der Waals surface area contributed by atoms with Gasteiger partial charge in [-0.3, -0.25) is 4.98 Å². The summed E-state index contributed by atoms with van der Waals surface area (Å²) in [7, 11) is 1.63. The molecule has 1 fully saturated rings. The van der Waals surface area contributed by atoms with E-state index >= 15 is 0 Å². The number of hydrogen-bond acceptors (Lipinski definition) is 4. The van der Waals surface area contributed by atoms with Crippen LogP contribution in [0.2, 0.25) is 0 Å². The molecular formula is C12H18N4O2. The zero-order chi connectivity index (χ0) is 13.1. The first kappa shape index (κ1) is 12.6. The second-order valence-corrected chi connectivity index (χ2v) is 4.63. The van der Waals surface area contributed by atoms with Crippen molar-refractivity contribution >= 4 is 11.9 Å². The van der Waals surface area contributed by atoms with E-state index in [4.69, 9.17) is 5.11 Å². The Bertz CT molecular complexity index is 430. The van der Waals surface area contributed by atoms with Gasteiger partial charge in [0.05, 0.1) is 11.9 Å². The highest BCUT2D eigenvalue weighted by molar-refractivity contribution is 5.65. The molecule has 1 N–H and O–H groups in total. The molecule has 1 amide bonds. The number of piperidine rings is 1. The lowest BCUT2D eigenvalue weighted by Gasteiger charge is -2.36. The van der Waals surface area contributed by atoms with E-state index in [1.54, 1.807) is 19.4 Å². The Morgan fingerprint density at radius 1 is 1.44 bits per heavy atom. The number of aromatic nitrogens is 2. The van der Waals surface area contributed by atoms with Crippen LogP contribution < -0.4 is 4.90 Å². The number of aryl methyl sites for hydroxylation is 1. The van der Waals surface area contributed by atoms with E-state index in [-0.39, 0.29) is 6.04 Å². The number of carboxylic acid groups (broad SMARTS) is 1. The molecule has 1 aliphatic rings. The molecular weight excluding hydrogens is 232 g/mol. The van der Waals surface area contributed by atoms with Crippen LogP contribution in [0.1, 0.15) is 18.5 Å². The van der Waals surface area contributed by atoms with Crippen LogP contribution in [0.25, 0.3) is 0 Å². The first-order valence-electron chi connectivity index (χ1n) is 6.07. The van der Waals surface area contributed by atoms with Gasteiger partial charge < -0.3 is 14.9 Å². The van der Waals surface area contributed by atoms with Gasteiger partial charge in [-0.15, -0.1) is 0 Å². The molecule has 1 aromatic heterocycles. The zero-order valence-corrected chi connectivity index (χ0v) is 10.7. The predicted molar refractivity (Wildman–Crippen MR) is 67.8 cm³/mol. The van der Waals surface area contributed by atoms with E-state index < -0.39 is 6.09 Å². The summed E-state index contributed by atoms with van der Waals surface area (Å²) < 4.78 is 0. The van der Waals surface area contributed by atoms with E-state index in [9.17, 15) is 4.79 Å². The Morgan fingerprint density at radius 3 is 2.67 bits per heavy atom. The Hall–Kier alpha value is -1.85. The van der Waals surface area contributed by atoms with Gasteiger partial charge in [-0.2, -0.15) is 0 Å². The van der Waals surface area contributed by atoms with Crippen LogP contribution in [0.5, 0.6) is 0 Å². The standard InChI is InChI=1S/C12H18N4O2/c1-9-7-13-8-11(14-9)16-5-3-10(4-6-16)15(2)12(17)18/h7-8,10H,3-6H2,1-2H3,(H,17,18). The minimum absolute atomic E-state index is 0.108. The lowest BCUT2D eigenvalue weighted by Crippen LogP contribution is -2.45. The number of hydrogen-bond donors (Lipinski definition) is 1. The molecule has 1 saturated heterocycles. The molecule has 0 atom stereocenters. The summed E-state index contributed by atoms with van der Waals surface area (Å²) in [6.45, 7) is 3.56. The maximum absolute atomic E-state index is 10.9. The fourth-order valence-electron chi connectivity index (χ4n) is 2.24. The SMILES string of the molecule is Cc1cncc(N2CCC(N(C)C(=O)O)CC2)n1. The van der Waals surface area contributed by atoms with E-state index in [1.807, 2.05) is 6.92 Å². The van der Waals surface area contributed by atoms with E-state index in [0.29, 0.717) is 0 Å². The smallest absolute Gasteiger partial charge is 0.407 e. The molecule has 6 nitrogen and oxygen atoms in total. The molecule has 0 saturated carbocycles. The topological polar surface area (TPSA) is 69.6 Å². The summed E-state index contributed by atoms with van der Waals surface area (Å²) in [6, 6.07) is 0.108. The van der Waals surface area contributed by atoms with Crippen molar-refractivity contribution in [3.8, 4) is 0 Å². The van der Waals surface area contributed by atoms with Gasteiger partial charge in [-0.05, 0) is 19.8 Å². The van der Waals surface area contributed by atoms with E-state index in [0.717, 1.165) is 37.4 Å². The lowest BCUT2D eigenvalue weighted by molar-refractivity contribution is 0.131. The van der Waals surface area contributed by atoms with Gasteiger partial charge >= 0.3 is 6.09 Å². The number of nitrogens with zero attached hydrogens (tertiary/aromatic N) is 4. The number of carbonyl (C=O) groups is 1. The maximum Gasteiger partial charge on any atom is 0.407 e. The summed E-state index contributed by atoms with van der Waals surface area (Å²) in [6.07, 6.45) is 4.29. The molecule has 0 spiro atoms. The largest absolute Gasteiger partial charge is 0.465 e. The molecule has 0 aromatic carbocycles. The van der Waals surface area contributed by atoms with Crippen molar-refractivity contribution in [1.29, 1.82) is 0 Å². The third-order valence-electron chi connectivity index (χ3n) is 3.38. The summed E-state index contributed by atoms with van der Waals surface area (Å²) in [5.41, 5.74) is 0.900. The molecule has 18 heavy (non-hydrogen) atoms. The maximum atomic E-state index is 10.9. The van der Waals surface area contributed by atoms with Crippen molar-refractivity contribution in [2.24, 2.45) is 0 Å². The summed E-state index contributed by atoms with van der Waals surface area (Å²) in [5, 5.41) is 8.94. The predicted octanol–water partition coefficient (Wildman–Crippen LogP) is 1.36. The molecule has 1 aromatic rings. The van der Waals surface area contributed by atoms with Crippen LogP contribution in [0.15, 0.2) is 12.4 Å². The fourth-order valence-corrected chi connectivity index (χ4v) is 2.24. The summed E-state index contributed by atoms with van der Waals surface area (Å²) in [5.74, 6) is 0.881. The van der Waals surface area contributed by atoms with Crippen LogP contribution >= 0.6 is 0 Å². The van der Waals surface area contributed by atoms with Crippen LogP contribution in [0, 0.1) is 6.92 Å². The third-order valence-corrected chi connectivity index (χ3v) is 3.38. The molecule has 2 heterocycles. The molecule has 0 unspecified atom stereocenters. The highest BCUT2D eigenvalue weighted by Crippen LogP contribution is 2.20. The van der Waals surface area contributed by atoms with Gasteiger partial charge in [0.25, 0.3) is 0 Å². The van der Waals surface area contributed by atoms with Crippen molar-refractivity contribution in [3.05, 3.63) is 18.1 Å². The first-order chi connectivity index (χ1) is 8.58. The van der Waals surface area contributed by atoms with E-state index in [1.165, 1.54) is 4.90 Å². The van der Waals surface area contributed by atoms with Gasteiger partial charge in [-0.1, -0.05) is 0 Å². The second kappa shape index (κ2) is 5.20. The van der Waals surface area contributed by atoms with Crippen LogP contribution in [0.3, 0.4) is 0 Å². The molecule has 6 heteroatoms. The van der Waals surface area contributed by atoms with Crippen LogP contribution in [-0.4, -0.2) is 52.2 Å². The monoisotopic (exact) mass is 250 g/mol. The fraction of sp³-hybridized carbons (Fsp3) is 0.583. The quantitative estimate of drug-likeness (QED) is 0.858. The van der Waals surface area contributed by atoms with Crippen molar-refractivity contribution in [3.63, 3.8) is 0 Å². The third kappa shape index (κ3) is 2.69. The van der Waals surface area contributed by atoms with Gasteiger partial charge in [0.1, 0.15) is 5.82 Å². The second-order valence-electron chi connectivity index (χ2n) is 4.63. The first-order valence-corrected chi connectivity index (χ1v) is 6.07. The van der Waals surface area contributed by atoms with Gasteiger partial charge in [0.2, 0.25) is 0 Å². The molecule has 0 bridgehead atoms. The molecule has 0 aliphatic carbocycles. The number of amides is 1. The van der Waals surface area contributed by atoms with Gasteiger partial charge in [0.15, 0.2) is 0 Å². The molecule has 2 rings (SSSR count). The van der Waals surface area contributed by atoms with Crippen LogP contribution in [0.4, 0.5) is 10.6 Å². The Balaban J connectivity index is 1.96. The van der Waals surface area contributed by atoms with Crippen LogP contribution in [-0.2, 0) is 0 Å². The highest BCUT2D eigenvalue weighted by Gasteiger charge is 2.25. The van der Waals surface area contributed by atoms with E-state index in [2.05, 4.69) is 14.9 Å². The van der Waals surface area contributed by atoms with Gasteiger partial charge in [-0.25, -0.2) is 9.78 Å². The summed E-state index contributed by atoms with van der Waals surface area (Å²) in [4.78, 5) is 23.0. The number of anilines is 1. The summed E-state index contributed by atoms with van der Waals surface area (Å²) >= 11 is 0. The van der Waals surface area contributed by atoms with Crippen molar-refractivity contribution in [2.45, 2.75) is 25.8 Å². The van der Waals surface area contributed by atoms with Gasteiger partial charge in [0, 0.05) is 32.4 Å². The number of rotatable bonds is 2. The highest BCUT2D eigenvalue weighted by atomic mass is 16.4. The molecule has 1 aliphatic heterocycles. The Morgan fingerprint density at radius 2 is 2.11 bits per heavy atom. The lowest BCUT2D eigenvalue weighted by atomic mass is 10.0. The average molecular weight is 250 g/mol. The average Bonchev–Trinajstić information content (AvgIpc) is 2.38. The molecule has 0 radical (unpaired) electrons. The zero-order valence-electron chi connectivity index (χ0n) is 10.7. The minimum Gasteiger partial charge on any atom is -0.465 e. The molecule has 98 valence electrons. The van der Waals surface area contributed by atoms with Crippen molar-refractivity contribution in [1.82, 2.24) is 14.9 Å². The minimum atomic E-state index is -0.858. The Labute approximate surface area is 106 Å². The normalized spacial score (nSPS) is 16.7. The van der Waals surface area contributed by atoms with Crippen molar-refractivity contribution in [2.75, 3.05) is 25.0 Å². The van der Waals surface area contributed by atoms with Crippen molar-refractivity contribution < 1.29 is 9.90 Å².